The van der Waals surface area contributed by atoms with E-state index in [1.165, 1.54) is 6.26 Å². The number of nitrogens with zero attached hydrogens (tertiary/aromatic N) is 2. The van der Waals surface area contributed by atoms with E-state index >= 15 is 0 Å². The summed E-state index contributed by atoms with van der Waals surface area (Å²) in [5.74, 6) is -0.559. The minimum Gasteiger partial charge on any atom is -0.364 e. The van der Waals surface area contributed by atoms with E-state index in [4.69, 9.17) is 10.3 Å². The zero-order valence-corrected chi connectivity index (χ0v) is 19.6. The molecule has 3 aromatic rings. The smallest absolute Gasteiger partial charge is 0.257 e. The molecule has 178 valence electrons. The van der Waals surface area contributed by atoms with Gasteiger partial charge in [-0.15, -0.1) is 0 Å². The van der Waals surface area contributed by atoms with Gasteiger partial charge in [-0.1, -0.05) is 36.6 Å². The zero-order chi connectivity index (χ0) is 24.1. The fraction of sp³-hybridized carbons (Fsp3) is 0.385. The summed E-state index contributed by atoms with van der Waals surface area (Å²) >= 11 is 0. The molecule has 1 atom stereocenters. The van der Waals surface area contributed by atoms with Crippen LogP contribution in [0.2, 0.25) is 0 Å². The number of nitrogens with two attached hydrogens (primary N) is 1. The van der Waals surface area contributed by atoms with E-state index in [-0.39, 0.29) is 23.9 Å². The monoisotopic (exact) mass is 461 g/mol. The molecule has 8 heteroatoms. The Labute approximate surface area is 199 Å². The van der Waals surface area contributed by atoms with E-state index < -0.39 is 11.9 Å². The molecule has 1 aromatic carbocycles. The molecule has 0 saturated heterocycles. The van der Waals surface area contributed by atoms with Gasteiger partial charge in [0, 0.05) is 29.7 Å². The first-order chi connectivity index (χ1) is 16.5. The average molecular weight is 462 g/mol. The first-order valence-corrected chi connectivity index (χ1v) is 11.8. The van der Waals surface area contributed by atoms with E-state index in [1.54, 1.807) is 6.20 Å². The van der Waals surface area contributed by atoms with Crippen LogP contribution in [-0.4, -0.2) is 28.0 Å². The van der Waals surface area contributed by atoms with Crippen LogP contribution in [0.25, 0.3) is 11.1 Å². The van der Waals surface area contributed by atoms with Crippen LogP contribution in [0.4, 0.5) is 5.69 Å². The lowest BCUT2D eigenvalue weighted by molar-refractivity contribution is -0.119. The highest BCUT2D eigenvalue weighted by Crippen LogP contribution is 2.29. The minimum atomic E-state index is -0.657. The average Bonchev–Trinajstić information content (AvgIpc) is 3.33. The van der Waals surface area contributed by atoms with Gasteiger partial charge >= 0.3 is 0 Å². The van der Waals surface area contributed by atoms with E-state index in [9.17, 15) is 9.59 Å². The molecule has 1 saturated carbocycles. The predicted octanol–water partition coefficient (Wildman–Crippen LogP) is 4.13. The van der Waals surface area contributed by atoms with Gasteiger partial charge in [0.15, 0.2) is 0 Å². The van der Waals surface area contributed by atoms with Crippen molar-refractivity contribution >= 4 is 17.5 Å². The number of carbonyl (C=O) groups excluding carboxylic acids is 2. The van der Waals surface area contributed by atoms with Crippen molar-refractivity contribution in [1.29, 1.82) is 0 Å². The standard InChI is InChI=1S/C26H31N5O3/c1-16-12-13-28-17(2)23(16)18-8-10-20(11-9-18)29-26(33)24(19-6-4-3-5-7-19)30-25(32)21-15-34-31-22(21)14-27/h8-13,15,19,24H,3-7,14,27H2,1-2H3,(H,29,33)(H,30,32)/t24-/m0/s1. The highest BCUT2D eigenvalue weighted by Gasteiger charge is 2.32. The van der Waals surface area contributed by atoms with Gasteiger partial charge in [-0.05, 0) is 61.9 Å². The van der Waals surface area contributed by atoms with E-state index in [1.807, 2.05) is 37.3 Å². The summed E-state index contributed by atoms with van der Waals surface area (Å²) in [4.78, 5) is 30.6. The lowest BCUT2D eigenvalue weighted by Gasteiger charge is -2.30. The van der Waals surface area contributed by atoms with Crippen molar-refractivity contribution in [1.82, 2.24) is 15.5 Å². The Hall–Kier alpha value is -3.52. The van der Waals surface area contributed by atoms with Gasteiger partial charge in [-0.25, -0.2) is 0 Å². The van der Waals surface area contributed by atoms with Gasteiger partial charge in [-0.2, -0.15) is 0 Å². The number of aryl methyl sites for hydroxylation is 2. The third kappa shape index (κ3) is 5.17. The molecule has 0 aliphatic heterocycles. The van der Waals surface area contributed by atoms with Gasteiger partial charge < -0.3 is 20.9 Å². The molecule has 0 unspecified atom stereocenters. The largest absolute Gasteiger partial charge is 0.364 e. The Morgan fingerprint density at radius 1 is 1.12 bits per heavy atom. The number of anilines is 1. The van der Waals surface area contributed by atoms with Gasteiger partial charge in [-0.3, -0.25) is 14.6 Å². The van der Waals surface area contributed by atoms with Crippen molar-refractivity contribution in [3.05, 3.63) is 65.3 Å². The van der Waals surface area contributed by atoms with Crippen LogP contribution >= 0.6 is 0 Å². The second kappa shape index (κ2) is 10.6. The van der Waals surface area contributed by atoms with Crippen LogP contribution in [-0.2, 0) is 11.3 Å². The lowest BCUT2D eigenvalue weighted by atomic mass is 9.83. The van der Waals surface area contributed by atoms with E-state index in [2.05, 4.69) is 27.7 Å². The zero-order valence-electron chi connectivity index (χ0n) is 19.6. The highest BCUT2D eigenvalue weighted by atomic mass is 16.5. The topological polar surface area (TPSA) is 123 Å². The number of carbonyl (C=O) groups is 2. The van der Waals surface area contributed by atoms with Crippen LogP contribution in [0.15, 0.2) is 47.3 Å². The maximum Gasteiger partial charge on any atom is 0.257 e. The van der Waals surface area contributed by atoms with Crippen molar-refractivity contribution in [3.63, 3.8) is 0 Å². The normalized spacial score (nSPS) is 15.0. The third-order valence-corrected chi connectivity index (χ3v) is 6.56. The molecule has 0 radical (unpaired) electrons. The van der Waals surface area contributed by atoms with Gasteiger partial charge in [0.05, 0.1) is 0 Å². The molecule has 8 nitrogen and oxygen atoms in total. The molecule has 0 spiro atoms. The molecule has 34 heavy (non-hydrogen) atoms. The molecule has 4 rings (SSSR count). The molecule has 4 N–H and O–H groups in total. The summed E-state index contributed by atoms with van der Waals surface area (Å²) in [6, 6.07) is 9.05. The van der Waals surface area contributed by atoms with Crippen molar-refractivity contribution < 1.29 is 14.1 Å². The maximum absolute atomic E-state index is 13.3. The van der Waals surface area contributed by atoms with Crippen LogP contribution in [0.5, 0.6) is 0 Å². The maximum atomic E-state index is 13.3. The van der Waals surface area contributed by atoms with Crippen molar-refractivity contribution in [2.45, 2.75) is 58.5 Å². The number of hydrogen-bond acceptors (Lipinski definition) is 6. The number of pyridine rings is 1. The van der Waals surface area contributed by atoms with Crippen LogP contribution in [0, 0.1) is 19.8 Å². The lowest BCUT2D eigenvalue weighted by Crippen LogP contribution is -2.49. The van der Waals surface area contributed by atoms with Crippen molar-refractivity contribution in [2.24, 2.45) is 11.7 Å². The summed E-state index contributed by atoms with van der Waals surface area (Å²) < 4.78 is 4.91. The van der Waals surface area contributed by atoms with Crippen LogP contribution in [0.3, 0.4) is 0 Å². The van der Waals surface area contributed by atoms with Crippen LogP contribution in [0.1, 0.15) is 59.4 Å². The predicted molar refractivity (Wildman–Crippen MR) is 130 cm³/mol. The number of nitrogens with one attached hydrogen (secondary N) is 2. The molecular formula is C26H31N5O3. The van der Waals surface area contributed by atoms with Gasteiger partial charge in [0.25, 0.3) is 5.91 Å². The second-order valence-electron chi connectivity index (χ2n) is 8.88. The second-order valence-corrected chi connectivity index (χ2v) is 8.88. The Morgan fingerprint density at radius 2 is 1.85 bits per heavy atom. The van der Waals surface area contributed by atoms with E-state index in [0.29, 0.717) is 11.4 Å². The van der Waals surface area contributed by atoms with E-state index in [0.717, 1.165) is 54.5 Å². The first kappa shape index (κ1) is 23.6. The molecule has 1 aliphatic rings. The summed E-state index contributed by atoms with van der Waals surface area (Å²) in [7, 11) is 0. The summed E-state index contributed by atoms with van der Waals surface area (Å²) in [6.45, 7) is 4.13. The Kier molecular flexibility index (Phi) is 7.37. The molecule has 1 fully saturated rings. The number of rotatable bonds is 7. The first-order valence-electron chi connectivity index (χ1n) is 11.8. The summed E-state index contributed by atoms with van der Waals surface area (Å²) in [6.07, 6.45) is 8.10. The van der Waals surface area contributed by atoms with Crippen LogP contribution < -0.4 is 16.4 Å². The number of amides is 2. The fourth-order valence-electron chi connectivity index (χ4n) is 4.75. The summed E-state index contributed by atoms with van der Waals surface area (Å²) in [5, 5.41) is 9.68. The molecular weight excluding hydrogens is 430 g/mol. The van der Waals surface area contributed by atoms with Crippen molar-refractivity contribution in [2.75, 3.05) is 5.32 Å². The number of benzene rings is 1. The minimum absolute atomic E-state index is 0.0684. The summed E-state index contributed by atoms with van der Waals surface area (Å²) in [5.41, 5.74) is 11.2. The molecule has 1 aliphatic carbocycles. The van der Waals surface area contributed by atoms with Gasteiger partial charge in [0.2, 0.25) is 5.91 Å². The highest BCUT2D eigenvalue weighted by molar-refractivity contribution is 6.01. The number of aromatic nitrogens is 2. The van der Waals surface area contributed by atoms with Crippen molar-refractivity contribution in [3.8, 4) is 11.1 Å². The Morgan fingerprint density at radius 3 is 2.53 bits per heavy atom. The molecule has 2 aromatic heterocycles. The Balaban J connectivity index is 1.51. The SMILES string of the molecule is Cc1ccnc(C)c1-c1ccc(NC(=O)[C@@H](NC(=O)c2conc2CN)C2CCCCC2)cc1. The third-order valence-electron chi connectivity index (χ3n) is 6.56. The molecule has 2 heterocycles. The van der Waals surface area contributed by atoms with Gasteiger partial charge in [0.1, 0.15) is 23.6 Å². The quantitative estimate of drug-likeness (QED) is 0.486. The molecule has 0 bridgehead atoms. The number of hydrogen-bond donors (Lipinski definition) is 3. The fourth-order valence-corrected chi connectivity index (χ4v) is 4.75. The Bertz CT molecular complexity index is 1130. The molecule has 2 amide bonds.